The maximum atomic E-state index is 13.3. The Morgan fingerprint density at radius 2 is 1.83 bits per heavy atom. The Kier molecular flexibility index (Phi) is 3.67. The molecule has 4 heterocycles. The smallest absolute Gasteiger partial charge is 0.293 e. The maximum absolute atomic E-state index is 13.3. The molecule has 0 atom stereocenters. The Bertz CT molecular complexity index is 1460. The fourth-order valence-corrected chi connectivity index (χ4v) is 4.00. The van der Waals surface area contributed by atoms with E-state index in [-0.39, 0.29) is 5.69 Å². The average Bonchev–Trinajstić information content (AvgIpc) is 3.14. The number of pyridine rings is 2. The molecule has 0 spiro atoms. The van der Waals surface area contributed by atoms with Gasteiger partial charge in [-0.3, -0.25) is 23.8 Å². The summed E-state index contributed by atoms with van der Waals surface area (Å²) >= 11 is 0. The van der Waals surface area contributed by atoms with E-state index in [0.29, 0.717) is 0 Å². The number of hydrogen-bond acceptors (Lipinski definition) is 4. The van der Waals surface area contributed by atoms with Gasteiger partial charge in [-0.25, -0.2) is 4.79 Å². The average molecular weight is 384 g/mol. The van der Waals surface area contributed by atoms with Crippen LogP contribution in [0.5, 0.6) is 0 Å². The highest BCUT2D eigenvalue weighted by Crippen LogP contribution is 2.30. The highest BCUT2D eigenvalue weighted by Gasteiger charge is 2.21. The molecule has 0 aliphatic carbocycles. The molecule has 0 radical (unpaired) electrons. The van der Waals surface area contributed by atoms with E-state index in [9.17, 15) is 4.79 Å². The van der Waals surface area contributed by atoms with Gasteiger partial charge in [-0.1, -0.05) is 12.1 Å². The first-order chi connectivity index (χ1) is 14.0. The van der Waals surface area contributed by atoms with Crippen molar-refractivity contribution in [2.75, 3.05) is 0 Å². The normalized spacial score (nSPS) is 11.6. The number of nitrogens with zero attached hydrogens (tertiary/aromatic N) is 6. The van der Waals surface area contributed by atoms with Crippen LogP contribution in [0, 0.1) is 13.8 Å². The van der Waals surface area contributed by atoms with E-state index in [2.05, 4.69) is 21.1 Å². The molecule has 5 aromatic rings. The first-order valence-electron chi connectivity index (χ1n) is 9.38. The molecule has 7 nitrogen and oxygen atoms in total. The minimum absolute atomic E-state index is 0.111. The van der Waals surface area contributed by atoms with Gasteiger partial charge in [0.25, 0.3) is 0 Å². The van der Waals surface area contributed by atoms with Crippen LogP contribution in [-0.2, 0) is 14.1 Å². The quantitative estimate of drug-likeness (QED) is 0.468. The Morgan fingerprint density at radius 3 is 2.52 bits per heavy atom. The van der Waals surface area contributed by atoms with Gasteiger partial charge in [0.2, 0.25) is 0 Å². The largest absolute Gasteiger partial charge is 0.333 e. The molecule has 144 valence electrons. The lowest BCUT2D eigenvalue weighted by Gasteiger charge is -2.08. The number of imidazole rings is 1. The van der Waals surface area contributed by atoms with Gasteiger partial charge in [0.15, 0.2) is 0 Å². The summed E-state index contributed by atoms with van der Waals surface area (Å²) in [5.74, 6) is 0. The molecule has 0 unspecified atom stereocenters. The van der Waals surface area contributed by atoms with Crippen LogP contribution >= 0.6 is 0 Å². The second-order valence-corrected chi connectivity index (χ2v) is 7.29. The van der Waals surface area contributed by atoms with Gasteiger partial charge >= 0.3 is 5.69 Å². The highest BCUT2D eigenvalue weighted by molar-refractivity contribution is 6.04. The zero-order valence-electron chi connectivity index (χ0n) is 16.7. The summed E-state index contributed by atoms with van der Waals surface area (Å²) in [6.45, 7) is 3.91. The summed E-state index contributed by atoms with van der Waals surface area (Å²) in [6, 6.07) is 10.0. The van der Waals surface area contributed by atoms with Crippen molar-refractivity contribution in [1.82, 2.24) is 28.9 Å². The number of fused-ring (bicyclic) bond motifs is 3. The monoisotopic (exact) mass is 384 g/mol. The van der Waals surface area contributed by atoms with Gasteiger partial charge in [0.1, 0.15) is 0 Å². The van der Waals surface area contributed by atoms with Crippen molar-refractivity contribution in [3.05, 3.63) is 70.8 Å². The number of rotatable bonds is 2. The van der Waals surface area contributed by atoms with Crippen LogP contribution in [0.3, 0.4) is 0 Å². The first-order valence-corrected chi connectivity index (χ1v) is 9.38. The molecule has 0 saturated carbocycles. The van der Waals surface area contributed by atoms with E-state index in [4.69, 9.17) is 0 Å². The summed E-state index contributed by atoms with van der Waals surface area (Å²) in [4.78, 5) is 22.1. The molecule has 0 aliphatic heterocycles. The number of hydrogen-bond donors (Lipinski definition) is 0. The van der Waals surface area contributed by atoms with Crippen molar-refractivity contribution < 1.29 is 0 Å². The predicted octanol–water partition coefficient (Wildman–Crippen LogP) is 3.29. The van der Waals surface area contributed by atoms with Gasteiger partial charge < -0.3 is 0 Å². The Hall–Kier alpha value is -3.74. The minimum atomic E-state index is -0.111. The molecular formula is C22H20N6O. The maximum Gasteiger partial charge on any atom is 0.333 e. The third-order valence-corrected chi connectivity index (χ3v) is 5.57. The summed E-state index contributed by atoms with van der Waals surface area (Å²) in [5.41, 5.74) is 6.97. The Balaban J connectivity index is 1.94. The van der Waals surface area contributed by atoms with Gasteiger partial charge in [-0.05, 0) is 37.6 Å². The second-order valence-electron chi connectivity index (χ2n) is 7.29. The van der Waals surface area contributed by atoms with Crippen molar-refractivity contribution in [1.29, 1.82) is 0 Å². The fourth-order valence-electron chi connectivity index (χ4n) is 4.00. The van der Waals surface area contributed by atoms with E-state index in [0.717, 1.165) is 50.1 Å². The zero-order chi connectivity index (χ0) is 20.3. The van der Waals surface area contributed by atoms with Crippen molar-refractivity contribution >= 4 is 21.9 Å². The van der Waals surface area contributed by atoms with Crippen molar-refractivity contribution in [2.45, 2.75) is 13.8 Å². The van der Waals surface area contributed by atoms with E-state index >= 15 is 0 Å². The van der Waals surface area contributed by atoms with E-state index in [1.807, 2.05) is 51.4 Å². The van der Waals surface area contributed by atoms with E-state index < -0.39 is 0 Å². The number of aryl methyl sites for hydroxylation is 3. The summed E-state index contributed by atoms with van der Waals surface area (Å²) < 4.78 is 5.22. The molecule has 1 aromatic carbocycles. The lowest BCUT2D eigenvalue weighted by atomic mass is 10.0. The SMILES string of the molecule is Cc1nn(C)c(C)c1-n1c(=O)n(C)c2cnc3ccc(-c4cccnc4)cc3c21. The first kappa shape index (κ1) is 17.4. The van der Waals surface area contributed by atoms with Crippen molar-refractivity contribution in [3.8, 4) is 16.8 Å². The molecule has 0 aliphatic rings. The Labute approximate surface area is 166 Å². The van der Waals surface area contributed by atoms with Gasteiger partial charge in [-0.2, -0.15) is 5.10 Å². The lowest BCUT2D eigenvalue weighted by Crippen LogP contribution is -2.21. The molecule has 0 fully saturated rings. The molecule has 5 rings (SSSR count). The van der Waals surface area contributed by atoms with Crippen LogP contribution in [-0.4, -0.2) is 28.9 Å². The lowest BCUT2D eigenvalue weighted by molar-refractivity contribution is 0.730. The van der Waals surface area contributed by atoms with Crippen LogP contribution in [0.1, 0.15) is 11.4 Å². The van der Waals surface area contributed by atoms with Crippen LogP contribution in [0.2, 0.25) is 0 Å². The van der Waals surface area contributed by atoms with Gasteiger partial charge in [0, 0.05) is 37.4 Å². The van der Waals surface area contributed by atoms with Gasteiger partial charge in [-0.15, -0.1) is 0 Å². The van der Waals surface area contributed by atoms with Crippen LogP contribution in [0.25, 0.3) is 38.8 Å². The summed E-state index contributed by atoms with van der Waals surface area (Å²) in [5, 5.41) is 5.43. The van der Waals surface area contributed by atoms with Crippen molar-refractivity contribution in [2.24, 2.45) is 14.1 Å². The van der Waals surface area contributed by atoms with E-state index in [1.54, 1.807) is 33.3 Å². The highest BCUT2D eigenvalue weighted by atomic mass is 16.1. The molecule has 7 heteroatoms. The third kappa shape index (κ3) is 2.44. The number of aromatic nitrogens is 6. The number of benzene rings is 1. The second kappa shape index (κ2) is 6.13. The van der Waals surface area contributed by atoms with Gasteiger partial charge in [0.05, 0.1) is 39.8 Å². The molecule has 0 saturated heterocycles. The van der Waals surface area contributed by atoms with E-state index in [1.165, 1.54) is 0 Å². The molecule has 0 bridgehead atoms. The third-order valence-electron chi connectivity index (χ3n) is 5.57. The molecule has 29 heavy (non-hydrogen) atoms. The summed E-state index contributed by atoms with van der Waals surface area (Å²) in [7, 11) is 3.67. The minimum Gasteiger partial charge on any atom is -0.293 e. The molecule has 0 amide bonds. The molecule has 0 N–H and O–H groups in total. The molecule has 4 aromatic heterocycles. The molecular weight excluding hydrogens is 364 g/mol. The van der Waals surface area contributed by atoms with Crippen LogP contribution in [0.15, 0.2) is 53.7 Å². The van der Waals surface area contributed by atoms with Crippen LogP contribution < -0.4 is 5.69 Å². The topological polar surface area (TPSA) is 70.5 Å². The zero-order valence-corrected chi connectivity index (χ0v) is 16.7. The predicted molar refractivity (Wildman–Crippen MR) is 113 cm³/mol. The van der Waals surface area contributed by atoms with Crippen LogP contribution in [0.4, 0.5) is 0 Å². The Morgan fingerprint density at radius 1 is 1.00 bits per heavy atom. The summed E-state index contributed by atoms with van der Waals surface area (Å²) in [6.07, 6.45) is 5.36. The fraction of sp³-hybridized carbons (Fsp3) is 0.182. The standard InChI is InChI=1S/C22H20N6O/c1-13-20(14(2)27(4)25-13)28-21-17-10-15(16-6-5-9-23-11-16)7-8-18(17)24-12-19(21)26(3)22(28)29/h5-12H,1-4H3. The van der Waals surface area contributed by atoms with Crippen molar-refractivity contribution in [3.63, 3.8) is 0 Å².